The van der Waals surface area contributed by atoms with Crippen LogP contribution >= 0.6 is 0 Å². The summed E-state index contributed by atoms with van der Waals surface area (Å²) in [6, 6.07) is 12.8. The van der Waals surface area contributed by atoms with E-state index in [1.54, 1.807) is 24.3 Å². The van der Waals surface area contributed by atoms with Crippen LogP contribution < -0.4 is 10.1 Å². The third-order valence-corrected chi connectivity index (χ3v) is 4.35. The number of carbonyl (C=O) groups is 1. The first-order chi connectivity index (χ1) is 12.5. The summed E-state index contributed by atoms with van der Waals surface area (Å²) < 4.78 is 10.7. The Hall–Kier alpha value is -2.88. The van der Waals surface area contributed by atoms with Gasteiger partial charge in [0.05, 0.1) is 24.3 Å². The lowest BCUT2D eigenvalue weighted by Crippen LogP contribution is -2.29. The number of aryl methyl sites for hydroxylation is 1. The standard InChI is InChI=1S/C20H20N2O4/c1-12-3-4-17(15(5-12)9-21)13-6-14(20(24)25-2)8-16(7-13)26-19-11-22-10-18(19)23/h3-8,18-19,22-23H,10-11H2,1-2H3. The molecule has 6 nitrogen and oxygen atoms in total. The lowest BCUT2D eigenvalue weighted by molar-refractivity contribution is 0.0597. The molecule has 1 aliphatic heterocycles. The van der Waals surface area contributed by atoms with Crippen LogP contribution in [0.4, 0.5) is 0 Å². The third kappa shape index (κ3) is 3.69. The van der Waals surface area contributed by atoms with Crippen molar-refractivity contribution in [2.24, 2.45) is 0 Å². The molecule has 1 saturated heterocycles. The molecule has 0 bridgehead atoms. The van der Waals surface area contributed by atoms with Gasteiger partial charge in [0.2, 0.25) is 0 Å². The minimum absolute atomic E-state index is 0.324. The van der Waals surface area contributed by atoms with Crippen molar-refractivity contribution >= 4 is 5.97 Å². The van der Waals surface area contributed by atoms with Crippen LogP contribution in [0.5, 0.6) is 5.75 Å². The summed E-state index contributed by atoms with van der Waals surface area (Å²) in [6.45, 7) is 2.90. The number of nitriles is 1. The first-order valence-corrected chi connectivity index (χ1v) is 8.32. The molecule has 0 saturated carbocycles. The fraction of sp³-hybridized carbons (Fsp3) is 0.300. The number of nitrogens with one attached hydrogen (secondary N) is 1. The van der Waals surface area contributed by atoms with Gasteiger partial charge in [-0.15, -0.1) is 0 Å². The van der Waals surface area contributed by atoms with Crippen LogP contribution in [-0.4, -0.2) is 43.5 Å². The van der Waals surface area contributed by atoms with Gasteiger partial charge in [-0.1, -0.05) is 12.1 Å². The van der Waals surface area contributed by atoms with E-state index in [-0.39, 0.29) is 0 Å². The Labute approximate surface area is 152 Å². The molecule has 6 heteroatoms. The lowest BCUT2D eigenvalue weighted by Gasteiger charge is -2.18. The van der Waals surface area contributed by atoms with Crippen LogP contribution in [0.25, 0.3) is 11.1 Å². The van der Waals surface area contributed by atoms with Gasteiger partial charge in [-0.2, -0.15) is 5.26 Å². The third-order valence-electron chi connectivity index (χ3n) is 4.35. The van der Waals surface area contributed by atoms with Crippen molar-refractivity contribution in [1.82, 2.24) is 5.32 Å². The molecule has 2 N–H and O–H groups in total. The van der Waals surface area contributed by atoms with E-state index in [2.05, 4.69) is 11.4 Å². The van der Waals surface area contributed by atoms with Gasteiger partial charge in [0.25, 0.3) is 0 Å². The molecule has 0 spiro atoms. The Morgan fingerprint density at radius 3 is 2.73 bits per heavy atom. The van der Waals surface area contributed by atoms with E-state index < -0.39 is 18.2 Å². The predicted octanol–water partition coefficient (Wildman–Crippen LogP) is 2.03. The first-order valence-electron chi connectivity index (χ1n) is 8.32. The van der Waals surface area contributed by atoms with Gasteiger partial charge in [0.15, 0.2) is 0 Å². The zero-order chi connectivity index (χ0) is 18.7. The Morgan fingerprint density at radius 1 is 1.27 bits per heavy atom. The summed E-state index contributed by atoms with van der Waals surface area (Å²) in [5, 5.41) is 22.5. The molecule has 0 aliphatic carbocycles. The summed E-state index contributed by atoms with van der Waals surface area (Å²) in [5.74, 6) is -0.0486. The van der Waals surface area contributed by atoms with Crippen molar-refractivity contribution in [3.05, 3.63) is 53.1 Å². The molecule has 1 aliphatic rings. The minimum atomic E-state index is -0.616. The first kappa shape index (κ1) is 17.9. The van der Waals surface area contributed by atoms with Crippen molar-refractivity contribution in [3.63, 3.8) is 0 Å². The van der Waals surface area contributed by atoms with Gasteiger partial charge in [0.1, 0.15) is 18.0 Å². The van der Waals surface area contributed by atoms with E-state index in [1.165, 1.54) is 7.11 Å². The number of esters is 1. The van der Waals surface area contributed by atoms with Crippen molar-refractivity contribution in [1.29, 1.82) is 5.26 Å². The topological polar surface area (TPSA) is 91.6 Å². The molecule has 2 aromatic rings. The zero-order valence-corrected chi connectivity index (χ0v) is 14.7. The molecule has 2 unspecified atom stereocenters. The molecular formula is C20H20N2O4. The van der Waals surface area contributed by atoms with E-state index >= 15 is 0 Å². The maximum atomic E-state index is 12.1. The fourth-order valence-corrected chi connectivity index (χ4v) is 3.00. The van der Waals surface area contributed by atoms with Crippen LogP contribution in [0.2, 0.25) is 0 Å². The number of hydrogen-bond donors (Lipinski definition) is 2. The van der Waals surface area contributed by atoms with Crippen molar-refractivity contribution in [3.8, 4) is 22.9 Å². The molecule has 1 fully saturated rings. The highest BCUT2D eigenvalue weighted by Crippen LogP contribution is 2.30. The van der Waals surface area contributed by atoms with Crippen molar-refractivity contribution in [2.75, 3.05) is 20.2 Å². The van der Waals surface area contributed by atoms with E-state index in [4.69, 9.17) is 9.47 Å². The Bertz CT molecular complexity index is 873. The number of nitrogens with zero attached hydrogens (tertiary/aromatic N) is 1. The molecule has 0 aromatic heterocycles. The van der Waals surface area contributed by atoms with E-state index in [9.17, 15) is 15.2 Å². The number of methoxy groups -OCH3 is 1. The van der Waals surface area contributed by atoms with E-state index in [0.717, 1.165) is 5.56 Å². The SMILES string of the molecule is COC(=O)c1cc(OC2CNCC2O)cc(-c2ccc(C)cc2C#N)c1. The molecule has 3 rings (SSSR count). The van der Waals surface area contributed by atoms with Gasteiger partial charge < -0.3 is 19.9 Å². The number of ether oxygens (including phenoxy) is 2. The number of carbonyl (C=O) groups excluding carboxylic acids is 1. The lowest BCUT2D eigenvalue weighted by atomic mass is 9.96. The second kappa shape index (κ2) is 7.56. The maximum Gasteiger partial charge on any atom is 0.338 e. The Kier molecular flexibility index (Phi) is 5.21. The summed E-state index contributed by atoms with van der Waals surface area (Å²) in [5.41, 5.74) is 3.20. The highest BCUT2D eigenvalue weighted by atomic mass is 16.5. The Balaban J connectivity index is 2.06. The van der Waals surface area contributed by atoms with Crippen LogP contribution in [0.1, 0.15) is 21.5 Å². The van der Waals surface area contributed by atoms with Gasteiger partial charge in [-0.05, 0) is 47.9 Å². The number of aliphatic hydroxyl groups is 1. The van der Waals surface area contributed by atoms with E-state index in [1.807, 2.05) is 19.1 Å². The van der Waals surface area contributed by atoms with Crippen molar-refractivity contribution in [2.45, 2.75) is 19.1 Å². The molecule has 1 heterocycles. The molecule has 2 aromatic carbocycles. The molecular weight excluding hydrogens is 332 g/mol. The average molecular weight is 352 g/mol. The highest BCUT2D eigenvalue weighted by Gasteiger charge is 2.27. The van der Waals surface area contributed by atoms with Crippen LogP contribution in [0.3, 0.4) is 0 Å². The second-order valence-electron chi connectivity index (χ2n) is 6.28. The highest BCUT2D eigenvalue weighted by molar-refractivity contribution is 5.92. The van der Waals surface area contributed by atoms with E-state index in [0.29, 0.717) is 41.1 Å². The largest absolute Gasteiger partial charge is 0.486 e. The smallest absolute Gasteiger partial charge is 0.338 e. The van der Waals surface area contributed by atoms with Gasteiger partial charge >= 0.3 is 5.97 Å². The Morgan fingerprint density at radius 2 is 2.08 bits per heavy atom. The number of hydrogen-bond acceptors (Lipinski definition) is 6. The number of aliphatic hydroxyl groups excluding tert-OH is 1. The second-order valence-corrected chi connectivity index (χ2v) is 6.28. The summed E-state index contributed by atoms with van der Waals surface area (Å²) in [4.78, 5) is 12.1. The quantitative estimate of drug-likeness (QED) is 0.818. The number of benzene rings is 2. The fourth-order valence-electron chi connectivity index (χ4n) is 3.00. The summed E-state index contributed by atoms with van der Waals surface area (Å²) in [6.07, 6.45) is -1.02. The van der Waals surface area contributed by atoms with Gasteiger partial charge in [-0.3, -0.25) is 0 Å². The number of β-amino-alcohol motifs (C(OH)–C–C–N with tert-alkyl or cyclic N) is 1. The molecule has 0 radical (unpaired) electrons. The maximum absolute atomic E-state index is 12.1. The van der Waals surface area contributed by atoms with Crippen molar-refractivity contribution < 1.29 is 19.4 Å². The van der Waals surface area contributed by atoms with Crippen LogP contribution in [0, 0.1) is 18.3 Å². The predicted molar refractivity (Wildman–Crippen MR) is 96.0 cm³/mol. The zero-order valence-electron chi connectivity index (χ0n) is 14.7. The normalized spacial score (nSPS) is 19.0. The summed E-state index contributed by atoms with van der Waals surface area (Å²) >= 11 is 0. The molecule has 2 atom stereocenters. The molecule has 134 valence electrons. The molecule has 26 heavy (non-hydrogen) atoms. The van der Waals surface area contributed by atoms with Crippen LogP contribution in [0.15, 0.2) is 36.4 Å². The minimum Gasteiger partial charge on any atom is -0.486 e. The number of rotatable bonds is 4. The monoisotopic (exact) mass is 352 g/mol. The summed E-state index contributed by atoms with van der Waals surface area (Å²) in [7, 11) is 1.31. The van der Waals surface area contributed by atoms with Gasteiger partial charge in [-0.25, -0.2) is 4.79 Å². The average Bonchev–Trinajstić information content (AvgIpc) is 3.05. The van der Waals surface area contributed by atoms with Gasteiger partial charge in [0, 0.05) is 13.1 Å². The van der Waals surface area contributed by atoms with Crippen LogP contribution in [-0.2, 0) is 4.74 Å². The molecule has 0 amide bonds.